The van der Waals surface area contributed by atoms with Crippen LogP contribution in [-0.4, -0.2) is 24.3 Å². The lowest BCUT2D eigenvalue weighted by molar-refractivity contribution is 0.0526. The molecule has 0 heterocycles. The van der Waals surface area contributed by atoms with E-state index in [4.69, 9.17) is 21.7 Å². The summed E-state index contributed by atoms with van der Waals surface area (Å²) in [7, 11) is 0. The minimum absolute atomic E-state index is 0.193. The fourth-order valence-corrected chi connectivity index (χ4v) is 4.28. The first-order chi connectivity index (χ1) is 14.5. The number of thiocarbonyl (C=S) groups is 1. The molecule has 0 unspecified atom stereocenters. The number of esters is 1. The van der Waals surface area contributed by atoms with Crippen LogP contribution < -0.4 is 15.4 Å². The highest BCUT2D eigenvalue weighted by molar-refractivity contribution is 7.80. The maximum Gasteiger partial charge on any atom is 0.338 e. The molecule has 0 aliphatic heterocycles. The molecule has 0 atom stereocenters. The summed E-state index contributed by atoms with van der Waals surface area (Å²) < 4.78 is 10.7. The number of carbonyl (C=O) groups is 1. The summed E-state index contributed by atoms with van der Waals surface area (Å²) >= 11 is 5.67. The molecule has 0 amide bonds. The van der Waals surface area contributed by atoms with Crippen molar-refractivity contribution in [3.8, 4) is 5.75 Å². The van der Waals surface area contributed by atoms with E-state index < -0.39 is 0 Å². The maximum atomic E-state index is 12.1. The number of nitrogens with one attached hydrogen (secondary N) is 2. The van der Waals surface area contributed by atoms with Gasteiger partial charge in [-0.1, -0.05) is 31.0 Å². The molecule has 1 fully saturated rings. The van der Waals surface area contributed by atoms with Crippen molar-refractivity contribution in [3.63, 3.8) is 0 Å². The Balaban J connectivity index is 1.76. The van der Waals surface area contributed by atoms with Crippen LogP contribution in [0.4, 0.5) is 5.69 Å². The second kappa shape index (κ2) is 9.94. The number of hydrogen-bond acceptors (Lipinski definition) is 4. The predicted molar refractivity (Wildman–Crippen MR) is 124 cm³/mol. The first kappa shape index (κ1) is 22.1. The van der Waals surface area contributed by atoms with Crippen LogP contribution in [0, 0.1) is 6.92 Å². The van der Waals surface area contributed by atoms with E-state index in [9.17, 15) is 4.79 Å². The van der Waals surface area contributed by atoms with E-state index in [1.807, 2.05) is 32.0 Å². The van der Waals surface area contributed by atoms with E-state index in [1.54, 1.807) is 19.1 Å². The third-order valence-electron chi connectivity index (χ3n) is 5.52. The van der Waals surface area contributed by atoms with Gasteiger partial charge in [0.15, 0.2) is 5.11 Å². The highest BCUT2D eigenvalue weighted by atomic mass is 32.1. The van der Waals surface area contributed by atoms with Crippen LogP contribution in [0.15, 0.2) is 42.5 Å². The van der Waals surface area contributed by atoms with E-state index in [0.717, 1.165) is 42.7 Å². The molecule has 0 saturated heterocycles. The first-order valence-electron chi connectivity index (χ1n) is 10.6. The van der Waals surface area contributed by atoms with Gasteiger partial charge in [0.25, 0.3) is 0 Å². The third-order valence-corrected chi connectivity index (χ3v) is 5.73. The summed E-state index contributed by atoms with van der Waals surface area (Å²) in [6.45, 7) is 6.77. The topological polar surface area (TPSA) is 59.6 Å². The second-order valence-corrected chi connectivity index (χ2v) is 7.98. The summed E-state index contributed by atoms with van der Waals surface area (Å²) in [5.74, 6) is 0.544. The summed E-state index contributed by atoms with van der Waals surface area (Å²) in [6.07, 6.45) is 4.34. The Morgan fingerprint density at radius 2 is 1.77 bits per heavy atom. The number of ether oxygens (including phenoxy) is 2. The van der Waals surface area contributed by atoms with E-state index >= 15 is 0 Å². The number of benzene rings is 2. The van der Waals surface area contributed by atoms with Crippen molar-refractivity contribution in [2.75, 3.05) is 18.5 Å². The van der Waals surface area contributed by atoms with Gasteiger partial charge in [-0.25, -0.2) is 4.79 Å². The smallest absolute Gasteiger partial charge is 0.338 e. The molecule has 1 saturated carbocycles. The Morgan fingerprint density at radius 3 is 2.40 bits per heavy atom. The van der Waals surface area contributed by atoms with Crippen LogP contribution in [0.1, 0.15) is 61.0 Å². The Morgan fingerprint density at radius 1 is 1.07 bits per heavy atom. The van der Waals surface area contributed by atoms with Gasteiger partial charge < -0.3 is 20.1 Å². The number of anilines is 1. The van der Waals surface area contributed by atoms with Crippen molar-refractivity contribution in [1.29, 1.82) is 0 Å². The van der Waals surface area contributed by atoms with Crippen molar-refractivity contribution in [1.82, 2.24) is 5.32 Å². The Hall–Kier alpha value is -2.60. The molecular formula is C24H30N2O3S. The van der Waals surface area contributed by atoms with Gasteiger partial charge in [0, 0.05) is 5.69 Å². The van der Waals surface area contributed by atoms with Gasteiger partial charge in [-0.05, 0) is 81.2 Å². The minimum atomic E-state index is -0.332. The molecular weight excluding hydrogens is 396 g/mol. The lowest BCUT2D eigenvalue weighted by Crippen LogP contribution is -2.45. The summed E-state index contributed by atoms with van der Waals surface area (Å²) in [4.78, 5) is 12.1. The molecule has 0 spiro atoms. The minimum Gasteiger partial charge on any atom is -0.494 e. The zero-order valence-electron chi connectivity index (χ0n) is 17.9. The number of rotatable bonds is 7. The lowest BCUT2D eigenvalue weighted by atomic mass is 9.88. The molecule has 1 aliphatic rings. The number of hydrogen-bond donors (Lipinski definition) is 2. The zero-order valence-corrected chi connectivity index (χ0v) is 18.7. The van der Waals surface area contributed by atoms with Crippen LogP contribution in [0.25, 0.3) is 0 Å². The van der Waals surface area contributed by atoms with Crippen molar-refractivity contribution in [2.24, 2.45) is 0 Å². The highest BCUT2D eigenvalue weighted by Gasteiger charge is 2.36. The largest absolute Gasteiger partial charge is 0.494 e. The molecule has 5 nitrogen and oxygen atoms in total. The summed E-state index contributed by atoms with van der Waals surface area (Å²) in [5, 5.41) is 7.41. The fourth-order valence-electron chi connectivity index (χ4n) is 3.97. The van der Waals surface area contributed by atoms with Gasteiger partial charge in [0.05, 0.1) is 24.3 Å². The maximum absolute atomic E-state index is 12.1. The molecule has 2 aromatic carbocycles. The lowest BCUT2D eigenvalue weighted by Gasteiger charge is -2.33. The van der Waals surface area contributed by atoms with Crippen LogP contribution in [0.5, 0.6) is 5.75 Å². The van der Waals surface area contributed by atoms with Crippen molar-refractivity contribution < 1.29 is 14.3 Å². The molecule has 2 aromatic rings. The van der Waals surface area contributed by atoms with Crippen LogP contribution in [0.3, 0.4) is 0 Å². The normalized spacial score (nSPS) is 14.8. The summed E-state index contributed by atoms with van der Waals surface area (Å²) in [6, 6.07) is 13.7. The van der Waals surface area contributed by atoms with E-state index in [2.05, 4.69) is 22.8 Å². The van der Waals surface area contributed by atoms with Crippen LogP contribution >= 0.6 is 12.2 Å². The molecule has 30 heavy (non-hydrogen) atoms. The molecule has 0 aromatic heterocycles. The van der Waals surface area contributed by atoms with E-state index in [-0.39, 0.29) is 11.5 Å². The second-order valence-electron chi connectivity index (χ2n) is 7.58. The first-order valence-corrected chi connectivity index (χ1v) is 11.0. The molecule has 0 bridgehead atoms. The van der Waals surface area contributed by atoms with E-state index in [1.165, 1.54) is 5.56 Å². The molecule has 0 radical (unpaired) electrons. The SMILES string of the molecule is CCOC(=O)c1ccc(C)c(NC(=S)NC2(c3ccc(OCC)cc3)CCCC2)c1. The summed E-state index contributed by atoms with van der Waals surface area (Å²) in [5.41, 5.74) is 3.34. The molecule has 1 aliphatic carbocycles. The van der Waals surface area contributed by atoms with Gasteiger partial charge in [0.1, 0.15) is 5.75 Å². The van der Waals surface area contributed by atoms with Crippen LogP contribution in [-0.2, 0) is 10.3 Å². The van der Waals surface area contributed by atoms with Crippen LogP contribution in [0.2, 0.25) is 0 Å². The van der Waals surface area contributed by atoms with Gasteiger partial charge in [0.2, 0.25) is 0 Å². The number of aryl methyl sites for hydroxylation is 1. The van der Waals surface area contributed by atoms with Gasteiger partial charge >= 0.3 is 5.97 Å². The van der Waals surface area contributed by atoms with Crippen molar-refractivity contribution in [2.45, 2.75) is 52.0 Å². The standard InChI is InChI=1S/C24H30N2O3S/c1-4-28-20-12-10-19(11-13-20)24(14-6-7-15-24)26-23(30)25-21-16-18(9-8-17(21)3)22(27)29-5-2/h8-13,16H,4-7,14-15H2,1-3H3,(H2,25,26,30). The third kappa shape index (κ3) is 5.11. The van der Waals surface area contributed by atoms with Crippen molar-refractivity contribution in [3.05, 3.63) is 59.2 Å². The molecule has 2 N–H and O–H groups in total. The van der Waals surface area contributed by atoms with Crippen molar-refractivity contribution >= 4 is 29.0 Å². The Kier molecular flexibility index (Phi) is 7.32. The molecule has 160 valence electrons. The highest BCUT2D eigenvalue weighted by Crippen LogP contribution is 2.39. The van der Waals surface area contributed by atoms with E-state index in [0.29, 0.717) is 23.9 Å². The zero-order chi connectivity index (χ0) is 21.6. The van der Waals surface area contributed by atoms with Gasteiger partial charge in [-0.3, -0.25) is 0 Å². The molecule has 6 heteroatoms. The molecule has 3 rings (SSSR count). The average molecular weight is 427 g/mol. The average Bonchev–Trinajstić information content (AvgIpc) is 3.20. The monoisotopic (exact) mass is 426 g/mol. The quantitative estimate of drug-likeness (QED) is 0.461. The number of carbonyl (C=O) groups excluding carboxylic acids is 1. The van der Waals surface area contributed by atoms with Gasteiger partial charge in [-0.15, -0.1) is 0 Å². The fraction of sp³-hybridized carbons (Fsp3) is 0.417. The predicted octanol–water partition coefficient (Wildman–Crippen LogP) is 5.33. The Labute approximate surface area is 184 Å². The van der Waals surface area contributed by atoms with Gasteiger partial charge in [-0.2, -0.15) is 0 Å². The Bertz CT molecular complexity index is 890.